The van der Waals surface area contributed by atoms with Crippen LogP contribution in [0, 0.1) is 0 Å². The summed E-state index contributed by atoms with van der Waals surface area (Å²) in [4.78, 5) is 17.3. The maximum atomic E-state index is 5.08. The minimum Gasteiger partial charge on any atom is -0.308 e. The minimum atomic E-state index is -0.539. The second-order valence-electron chi connectivity index (χ2n) is 14.0. The van der Waals surface area contributed by atoms with E-state index in [-0.39, 0.29) is 0 Å². The number of aromatic nitrogens is 3. The van der Waals surface area contributed by atoms with E-state index in [9.17, 15) is 0 Å². The van der Waals surface area contributed by atoms with Crippen LogP contribution in [0.25, 0.3) is 45.0 Å². The summed E-state index contributed by atoms with van der Waals surface area (Å²) in [5.41, 5.74) is 14.6. The number of hydrogen-bond donors (Lipinski definition) is 0. The molecule has 56 heavy (non-hydrogen) atoms. The maximum Gasteiger partial charge on any atom is 0.160 e. The van der Waals surface area contributed by atoms with Crippen molar-refractivity contribution in [2.75, 3.05) is 4.90 Å². The quantitative estimate of drug-likeness (QED) is 0.165. The fraction of sp³-hybridized carbons (Fsp3) is 0.0192. The van der Waals surface area contributed by atoms with E-state index >= 15 is 0 Å². The van der Waals surface area contributed by atoms with E-state index < -0.39 is 5.41 Å². The zero-order chi connectivity index (χ0) is 37.3. The second-order valence-corrected chi connectivity index (χ2v) is 14.0. The summed E-state index contributed by atoms with van der Waals surface area (Å²) in [7, 11) is 0. The maximum absolute atomic E-state index is 5.08. The van der Waals surface area contributed by atoms with Gasteiger partial charge in [0.15, 0.2) is 5.82 Å². The third-order valence-corrected chi connectivity index (χ3v) is 10.9. The Morgan fingerprint density at radius 2 is 0.821 bits per heavy atom. The van der Waals surface area contributed by atoms with Crippen molar-refractivity contribution < 1.29 is 0 Å². The van der Waals surface area contributed by atoms with Crippen molar-refractivity contribution in [1.29, 1.82) is 0 Å². The first kappa shape index (κ1) is 33.2. The molecule has 9 aromatic rings. The number of hydrogen-bond acceptors (Lipinski definition) is 4. The molecule has 0 saturated carbocycles. The molecule has 1 aliphatic rings. The van der Waals surface area contributed by atoms with Gasteiger partial charge in [-0.15, -0.1) is 0 Å². The highest BCUT2D eigenvalue weighted by molar-refractivity contribution is 5.94. The minimum absolute atomic E-state index is 0.539. The number of pyridine rings is 1. The van der Waals surface area contributed by atoms with E-state index in [1.54, 1.807) is 0 Å². The molecular weight excluding hydrogens is 681 g/mol. The Hall–Kier alpha value is -7.43. The van der Waals surface area contributed by atoms with Gasteiger partial charge in [0, 0.05) is 28.5 Å². The highest BCUT2D eigenvalue weighted by Gasteiger charge is 2.46. The smallest absolute Gasteiger partial charge is 0.160 e. The van der Waals surface area contributed by atoms with Crippen molar-refractivity contribution in [3.8, 4) is 45.0 Å². The zero-order valence-corrected chi connectivity index (χ0v) is 30.6. The zero-order valence-electron chi connectivity index (χ0n) is 30.6. The molecule has 0 atom stereocenters. The van der Waals surface area contributed by atoms with Crippen LogP contribution < -0.4 is 4.90 Å². The molecule has 0 saturated heterocycles. The molecule has 0 radical (unpaired) electrons. The van der Waals surface area contributed by atoms with Crippen LogP contribution in [0.1, 0.15) is 22.3 Å². The van der Waals surface area contributed by atoms with Crippen LogP contribution in [0.4, 0.5) is 17.1 Å². The third-order valence-electron chi connectivity index (χ3n) is 10.9. The molecular formula is C52H36N4. The highest BCUT2D eigenvalue weighted by atomic mass is 15.2. The molecule has 10 rings (SSSR count). The average molecular weight is 717 g/mol. The molecule has 0 spiro atoms. The molecule has 7 aromatic carbocycles. The molecule has 3 heterocycles. The van der Waals surface area contributed by atoms with E-state index in [2.05, 4.69) is 175 Å². The van der Waals surface area contributed by atoms with Gasteiger partial charge in [-0.05, 0) is 52.1 Å². The van der Waals surface area contributed by atoms with Crippen LogP contribution in [0.15, 0.2) is 219 Å². The topological polar surface area (TPSA) is 41.9 Å². The Bertz CT molecular complexity index is 2640. The van der Waals surface area contributed by atoms with Gasteiger partial charge in [-0.1, -0.05) is 182 Å². The molecule has 0 bridgehead atoms. The van der Waals surface area contributed by atoms with Crippen LogP contribution in [0.3, 0.4) is 0 Å². The van der Waals surface area contributed by atoms with Gasteiger partial charge in [-0.2, -0.15) is 0 Å². The van der Waals surface area contributed by atoms with E-state index in [0.717, 1.165) is 56.3 Å². The SMILES string of the molecule is c1ccc(-c2cc(-c3ccccc3)nc(-c3ccc(-c4ccncc4N4c5ccccc5C(c5ccccc5)(c5ccccc5)c5ccccc54)cc3)n2)cc1. The summed E-state index contributed by atoms with van der Waals surface area (Å²) in [5.74, 6) is 0.684. The van der Waals surface area contributed by atoms with Crippen LogP contribution in [-0.2, 0) is 5.41 Å². The molecule has 0 unspecified atom stereocenters. The van der Waals surface area contributed by atoms with Gasteiger partial charge in [-0.3, -0.25) is 4.98 Å². The van der Waals surface area contributed by atoms with Crippen molar-refractivity contribution in [3.63, 3.8) is 0 Å². The molecule has 1 aliphatic heterocycles. The number of rotatable bonds is 7. The number of benzene rings is 7. The lowest BCUT2D eigenvalue weighted by Crippen LogP contribution is -2.37. The van der Waals surface area contributed by atoms with Gasteiger partial charge in [0.2, 0.25) is 0 Å². The van der Waals surface area contributed by atoms with Crippen LogP contribution >= 0.6 is 0 Å². The molecule has 2 aromatic heterocycles. The lowest BCUT2D eigenvalue weighted by Gasteiger charge is -2.46. The predicted octanol–water partition coefficient (Wildman–Crippen LogP) is 12.7. The van der Waals surface area contributed by atoms with Gasteiger partial charge in [-0.25, -0.2) is 9.97 Å². The Kier molecular flexibility index (Phi) is 8.34. The van der Waals surface area contributed by atoms with Gasteiger partial charge < -0.3 is 4.90 Å². The lowest BCUT2D eigenvalue weighted by molar-refractivity contribution is 0.731. The normalized spacial score (nSPS) is 12.8. The van der Waals surface area contributed by atoms with E-state index in [0.29, 0.717) is 5.82 Å². The predicted molar refractivity (Wildman–Crippen MR) is 228 cm³/mol. The summed E-state index contributed by atoms with van der Waals surface area (Å²) < 4.78 is 0. The van der Waals surface area contributed by atoms with Gasteiger partial charge in [0.1, 0.15) is 0 Å². The number of fused-ring (bicyclic) bond motifs is 2. The Morgan fingerprint density at radius 3 is 1.34 bits per heavy atom. The van der Waals surface area contributed by atoms with Crippen molar-refractivity contribution in [2.45, 2.75) is 5.41 Å². The molecule has 0 N–H and O–H groups in total. The first-order valence-electron chi connectivity index (χ1n) is 18.9. The van der Waals surface area contributed by atoms with Crippen molar-refractivity contribution in [3.05, 3.63) is 241 Å². The summed E-state index contributed by atoms with van der Waals surface area (Å²) in [6.07, 6.45) is 3.87. The van der Waals surface area contributed by atoms with Crippen LogP contribution in [-0.4, -0.2) is 15.0 Å². The Labute approximate surface area is 327 Å². The van der Waals surface area contributed by atoms with Gasteiger partial charge >= 0.3 is 0 Å². The average Bonchev–Trinajstić information content (AvgIpc) is 3.29. The molecule has 0 aliphatic carbocycles. The Balaban J connectivity index is 1.11. The number of nitrogens with zero attached hydrogens (tertiary/aromatic N) is 4. The van der Waals surface area contributed by atoms with E-state index in [1.807, 2.05) is 48.8 Å². The highest BCUT2D eigenvalue weighted by Crippen LogP contribution is 2.58. The molecule has 0 fully saturated rings. The van der Waals surface area contributed by atoms with Crippen molar-refractivity contribution in [2.24, 2.45) is 0 Å². The third kappa shape index (κ3) is 5.59. The fourth-order valence-corrected chi connectivity index (χ4v) is 8.37. The number of anilines is 3. The standard InChI is InChI=1S/C52H36N4/c1-5-17-38(18-6-1)46-35-47(39-19-7-2-8-20-39)55-51(54-46)40-31-29-37(30-32-40)43-33-34-53-36-50(43)56-48-27-15-13-25-44(48)52(41-21-9-3-10-22-41,42-23-11-4-12-24-42)45-26-14-16-28-49(45)56/h1-36H. The number of para-hydroxylation sites is 2. The Morgan fingerprint density at radius 1 is 0.375 bits per heavy atom. The largest absolute Gasteiger partial charge is 0.308 e. The lowest BCUT2D eigenvalue weighted by atomic mass is 9.62. The summed E-state index contributed by atoms with van der Waals surface area (Å²) in [6, 6.07) is 72.9. The van der Waals surface area contributed by atoms with Crippen molar-refractivity contribution in [1.82, 2.24) is 15.0 Å². The van der Waals surface area contributed by atoms with Gasteiger partial charge in [0.25, 0.3) is 0 Å². The van der Waals surface area contributed by atoms with Crippen molar-refractivity contribution >= 4 is 17.1 Å². The second kappa shape index (κ2) is 14.1. The monoisotopic (exact) mass is 716 g/mol. The molecule has 264 valence electrons. The summed E-state index contributed by atoms with van der Waals surface area (Å²) >= 11 is 0. The molecule has 4 nitrogen and oxygen atoms in total. The molecule has 4 heteroatoms. The first-order valence-corrected chi connectivity index (χ1v) is 18.9. The summed E-state index contributed by atoms with van der Waals surface area (Å²) in [6.45, 7) is 0. The van der Waals surface area contributed by atoms with E-state index in [1.165, 1.54) is 22.3 Å². The van der Waals surface area contributed by atoms with Gasteiger partial charge in [0.05, 0.1) is 40.1 Å². The molecule has 0 amide bonds. The van der Waals surface area contributed by atoms with Crippen LogP contribution in [0.2, 0.25) is 0 Å². The summed E-state index contributed by atoms with van der Waals surface area (Å²) in [5, 5.41) is 0. The fourth-order valence-electron chi connectivity index (χ4n) is 8.37. The first-order chi connectivity index (χ1) is 27.8. The van der Waals surface area contributed by atoms with Crippen LogP contribution in [0.5, 0.6) is 0 Å². The van der Waals surface area contributed by atoms with E-state index in [4.69, 9.17) is 15.0 Å².